The van der Waals surface area contributed by atoms with Crippen molar-refractivity contribution in [3.05, 3.63) is 71.8 Å². The molecule has 2 aromatic carbocycles. The molecule has 32 heavy (non-hydrogen) atoms. The van der Waals surface area contributed by atoms with Gasteiger partial charge in [0.25, 0.3) is 5.91 Å². The summed E-state index contributed by atoms with van der Waals surface area (Å²) in [4.78, 5) is 21.6. The number of nitrogens with zero attached hydrogens (tertiary/aromatic N) is 4. The summed E-state index contributed by atoms with van der Waals surface area (Å²) in [5.74, 6) is 1.69. The second kappa shape index (κ2) is 8.96. The van der Waals surface area contributed by atoms with Crippen molar-refractivity contribution in [1.82, 2.24) is 19.9 Å². The molecule has 0 N–H and O–H groups in total. The zero-order valence-corrected chi connectivity index (χ0v) is 18.2. The number of amides is 1. The molecule has 3 heterocycles. The van der Waals surface area contributed by atoms with Gasteiger partial charge in [-0.2, -0.15) is 4.98 Å². The predicted octanol–water partition coefficient (Wildman–Crippen LogP) is 4.18. The van der Waals surface area contributed by atoms with E-state index in [1.165, 1.54) is 5.56 Å². The molecule has 0 unspecified atom stereocenters. The van der Waals surface area contributed by atoms with Crippen LogP contribution in [0.3, 0.4) is 0 Å². The molecule has 1 saturated heterocycles. The highest BCUT2D eigenvalue weighted by Gasteiger charge is 2.24. The number of para-hydroxylation sites is 1. The molecule has 0 atom stereocenters. The molecule has 164 valence electrons. The van der Waals surface area contributed by atoms with Crippen molar-refractivity contribution in [3.63, 3.8) is 0 Å². The number of hydrogen-bond acceptors (Lipinski definition) is 6. The number of benzene rings is 2. The maximum absolute atomic E-state index is 12.8. The number of aryl methyl sites for hydroxylation is 2. The van der Waals surface area contributed by atoms with E-state index in [0.29, 0.717) is 30.6 Å². The highest BCUT2D eigenvalue weighted by molar-refractivity contribution is 5.96. The summed E-state index contributed by atoms with van der Waals surface area (Å²) in [5, 5.41) is 5.06. The minimum absolute atomic E-state index is 0.0321. The summed E-state index contributed by atoms with van der Waals surface area (Å²) in [6.45, 7) is 6.10. The van der Waals surface area contributed by atoms with Crippen LogP contribution in [0.5, 0.6) is 0 Å². The molecule has 7 heteroatoms. The lowest BCUT2D eigenvalue weighted by molar-refractivity contribution is 0.0607. The van der Waals surface area contributed by atoms with Gasteiger partial charge in [-0.05, 0) is 32.0 Å². The number of hydrogen-bond donors (Lipinski definition) is 0. The molecule has 5 rings (SSSR count). The first-order valence-corrected chi connectivity index (χ1v) is 11.1. The second-order valence-electron chi connectivity index (χ2n) is 8.26. The molecule has 1 aliphatic heterocycles. The molecular weight excluding hydrogens is 404 g/mol. The Labute approximate surface area is 186 Å². The van der Waals surface area contributed by atoms with E-state index in [1.54, 1.807) is 0 Å². The average molecular weight is 431 g/mol. The number of fused-ring (bicyclic) bond motifs is 1. The fourth-order valence-electron chi connectivity index (χ4n) is 4.05. The van der Waals surface area contributed by atoms with E-state index in [1.807, 2.05) is 59.5 Å². The summed E-state index contributed by atoms with van der Waals surface area (Å²) in [6, 6.07) is 17.6. The molecule has 7 nitrogen and oxygen atoms in total. The molecule has 2 aromatic heterocycles. The fraction of sp³-hybridized carbons (Fsp3) is 0.320. The van der Waals surface area contributed by atoms with Crippen molar-refractivity contribution in [2.45, 2.75) is 19.8 Å². The highest BCUT2D eigenvalue weighted by Crippen LogP contribution is 2.21. The Morgan fingerprint density at radius 2 is 1.81 bits per heavy atom. The van der Waals surface area contributed by atoms with Gasteiger partial charge in [0.05, 0.1) is 0 Å². The van der Waals surface area contributed by atoms with E-state index in [0.717, 1.165) is 49.0 Å². The maximum Gasteiger partial charge on any atom is 0.289 e. The maximum atomic E-state index is 12.8. The standard InChI is InChI=1S/C25H26N4O3/c1-18-8-10-19(11-9-18)24-26-23(32-27-24)7-4-12-28-13-15-29(16-14-28)25(30)22-17-20-5-2-3-6-21(20)31-22/h2-3,5-6,8-11,17H,4,7,12-16H2,1H3. The van der Waals surface area contributed by atoms with E-state index >= 15 is 0 Å². The zero-order valence-electron chi connectivity index (χ0n) is 18.2. The Bertz CT molecular complexity index is 1170. The van der Waals surface area contributed by atoms with Crippen LogP contribution < -0.4 is 0 Å². The van der Waals surface area contributed by atoms with Gasteiger partial charge >= 0.3 is 0 Å². The average Bonchev–Trinajstić information content (AvgIpc) is 3.47. The minimum atomic E-state index is -0.0321. The number of aromatic nitrogens is 2. The van der Waals surface area contributed by atoms with Crippen LogP contribution in [-0.2, 0) is 6.42 Å². The lowest BCUT2D eigenvalue weighted by Gasteiger charge is -2.34. The summed E-state index contributed by atoms with van der Waals surface area (Å²) in [7, 11) is 0. The Morgan fingerprint density at radius 1 is 1.03 bits per heavy atom. The van der Waals surface area contributed by atoms with Gasteiger partial charge in [0, 0.05) is 43.5 Å². The van der Waals surface area contributed by atoms with Crippen LogP contribution in [0.2, 0.25) is 0 Å². The van der Waals surface area contributed by atoms with E-state index in [-0.39, 0.29) is 5.91 Å². The lowest BCUT2D eigenvalue weighted by Crippen LogP contribution is -2.48. The molecule has 0 aliphatic carbocycles. The Kier molecular flexibility index (Phi) is 5.73. The van der Waals surface area contributed by atoms with Crippen molar-refractivity contribution in [2.75, 3.05) is 32.7 Å². The first-order valence-electron chi connectivity index (χ1n) is 11.1. The number of rotatable bonds is 6. The van der Waals surface area contributed by atoms with Crippen LogP contribution in [0.25, 0.3) is 22.4 Å². The highest BCUT2D eigenvalue weighted by atomic mass is 16.5. The van der Waals surface area contributed by atoms with Gasteiger partial charge in [-0.25, -0.2) is 0 Å². The zero-order chi connectivity index (χ0) is 21.9. The summed E-state index contributed by atoms with van der Waals surface area (Å²) in [5.41, 5.74) is 2.92. The quantitative estimate of drug-likeness (QED) is 0.457. The monoisotopic (exact) mass is 430 g/mol. The van der Waals surface area contributed by atoms with Gasteiger partial charge in [0.2, 0.25) is 11.7 Å². The van der Waals surface area contributed by atoms with E-state index in [4.69, 9.17) is 8.94 Å². The first kappa shape index (κ1) is 20.5. The molecule has 1 amide bonds. The Hall–Kier alpha value is -3.45. The van der Waals surface area contributed by atoms with Crippen molar-refractivity contribution in [1.29, 1.82) is 0 Å². The van der Waals surface area contributed by atoms with Gasteiger partial charge in [-0.3, -0.25) is 9.69 Å². The van der Waals surface area contributed by atoms with Crippen LogP contribution in [0.15, 0.2) is 63.5 Å². The van der Waals surface area contributed by atoms with Crippen molar-refractivity contribution >= 4 is 16.9 Å². The minimum Gasteiger partial charge on any atom is -0.451 e. The molecule has 1 aliphatic rings. The van der Waals surface area contributed by atoms with Crippen molar-refractivity contribution in [3.8, 4) is 11.4 Å². The third kappa shape index (κ3) is 4.43. The van der Waals surface area contributed by atoms with E-state index in [2.05, 4.69) is 22.0 Å². The molecule has 1 fully saturated rings. The number of carbonyl (C=O) groups excluding carboxylic acids is 1. The predicted molar refractivity (Wildman–Crippen MR) is 121 cm³/mol. The smallest absolute Gasteiger partial charge is 0.289 e. The normalized spacial score (nSPS) is 14.8. The fourth-order valence-corrected chi connectivity index (χ4v) is 4.05. The Balaban J connectivity index is 1.09. The van der Waals surface area contributed by atoms with Gasteiger partial charge < -0.3 is 13.8 Å². The number of furan rings is 1. The van der Waals surface area contributed by atoms with Gasteiger partial charge in [0.1, 0.15) is 5.58 Å². The second-order valence-corrected chi connectivity index (χ2v) is 8.26. The first-order chi connectivity index (χ1) is 15.7. The largest absolute Gasteiger partial charge is 0.451 e. The third-order valence-corrected chi connectivity index (χ3v) is 5.94. The molecule has 0 bridgehead atoms. The summed E-state index contributed by atoms with van der Waals surface area (Å²) >= 11 is 0. The molecule has 0 saturated carbocycles. The van der Waals surface area contributed by atoms with Crippen LogP contribution >= 0.6 is 0 Å². The van der Waals surface area contributed by atoms with Gasteiger partial charge in [-0.1, -0.05) is 53.2 Å². The van der Waals surface area contributed by atoms with E-state index in [9.17, 15) is 4.79 Å². The number of piperazine rings is 1. The molecule has 0 spiro atoms. The van der Waals surface area contributed by atoms with E-state index < -0.39 is 0 Å². The van der Waals surface area contributed by atoms with Crippen molar-refractivity contribution in [2.24, 2.45) is 0 Å². The lowest BCUT2D eigenvalue weighted by atomic mass is 10.1. The van der Waals surface area contributed by atoms with Crippen LogP contribution in [0.4, 0.5) is 0 Å². The SMILES string of the molecule is Cc1ccc(-c2noc(CCCN3CCN(C(=O)c4cc5ccccc5o4)CC3)n2)cc1. The third-order valence-electron chi connectivity index (χ3n) is 5.94. The molecule has 0 radical (unpaired) electrons. The van der Waals surface area contributed by atoms with Crippen LogP contribution in [0.1, 0.15) is 28.4 Å². The van der Waals surface area contributed by atoms with Crippen LogP contribution in [0, 0.1) is 6.92 Å². The topological polar surface area (TPSA) is 75.6 Å². The van der Waals surface area contributed by atoms with Gasteiger partial charge in [-0.15, -0.1) is 0 Å². The van der Waals surface area contributed by atoms with Gasteiger partial charge in [0.15, 0.2) is 5.76 Å². The number of carbonyl (C=O) groups is 1. The Morgan fingerprint density at radius 3 is 2.59 bits per heavy atom. The molecular formula is C25H26N4O3. The van der Waals surface area contributed by atoms with Crippen molar-refractivity contribution < 1.29 is 13.7 Å². The summed E-state index contributed by atoms with van der Waals surface area (Å²) < 4.78 is 11.2. The van der Waals surface area contributed by atoms with Crippen LogP contribution in [-0.4, -0.2) is 58.6 Å². The summed E-state index contributed by atoms with van der Waals surface area (Å²) in [6.07, 6.45) is 1.68. The molecule has 4 aromatic rings.